The Balaban J connectivity index is 1.88. The van der Waals surface area contributed by atoms with Crippen molar-refractivity contribution in [1.29, 1.82) is 0 Å². The number of nitrogens with zero attached hydrogens (tertiary/aromatic N) is 3. The van der Waals surface area contributed by atoms with E-state index in [1.54, 1.807) is 22.6 Å². The molecule has 3 rings (SSSR count). The molecule has 0 saturated carbocycles. The van der Waals surface area contributed by atoms with E-state index in [0.29, 0.717) is 45.3 Å². The highest BCUT2D eigenvalue weighted by molar-refractivity contribution is 7.88. The van der Waals surface area contributed by atoms with Crippen LogP contribution in [0.3, 0.4) is 0 Å². The summed E-state index contributed by atoms with van der Waals surface area (Å²) in [5, 5.41) is 0. The van der Waals surface area contributed by atoms with Crippen molar-refractivity contribution in [3.05, 3.63) is 17.7 Å². The molecule has 1 atom stereocenters. The summed E-state index contributed by atoms with van der Waals surface area (Å²) < 4.78 is 31.6. The van der Waals surface area contributed by atoms with Crippen LogP contribution in [0.2, 0.25) is 0 Å². The van der Waals surface area contributed by atoms with Crippen molar-refractivity contribution in [2.45, 2.75) is 44.2 Å². The van der Waals surface area contributed by atoms with Gasteiger partial charge in [0.2, 0.25) is 10.0 Å². The summed E-state index contributed by atoms with van der Waals surface area (Å²) in [7, 11) is -1.82. The second kappa shape index (κ2) is 6.69. The fraction of sp³-hybridized carbons (Fsp3) is 0.750. The Hall–Kier alpha value is -1.45. The highest BCUT2D eigenvalue weighted by Crippen LogP contribution is 2.43. The van der Waals surface area contributed by atoms with Crippen molar-refractivity contribution in [3.8, 4) is 0 Å². The number of imidazole rings is 1. The second-order valence-electron chi connectivity index (χ2n) is 6.80. The van der Waals surface area contributed by atoms with E-state index in [1.807, 2.05) is 6.92 Å². The number of nitrogens with one attached hydrogen (secondary N) is 1. The lowest BCUT2D eigenvalue weighted by Gasteiger charge is -2.49. The van der Waals surface area contributed by atoms with E-state index in [0.717, 1.165) is 11.4 Å². The molecule has 1 aromatic heterocycles. The van der Waals surface area contributed by atoms with Crippen LogP contribution in [-0.2, 0) is 31.5 Å². The average molecular weight is 370 g/mol. The standard InChI is InChI=1S/C16H26N4O4S/c1-4-13(24-2)15(21)19-9-6-16(7-10-19)14-12(17-11-18-14)5-8-20(16)25(3,22)23/h11,13H,4-10H2,1-3H3,(H,17,18)/t13-/m0/s1. The first kappa shape index (κ1) is 18.3. The van der Waals surface area contributed by atoms with Gasteiger partial charge >= 0.3 is 0 Å². The minimum absolute atomic E-state index is 0.0242. The van der Waals surface area contributed by atoms with Gasteiger partial charge in [-0.3, -0.25) is 4.79 Å². The molecule has 2 aliphatic heterocycles. The third-order valence-corrected chi connectivity index (χ3v) is 6.77. The maximum atomic E-state index is 12.6. The van der Waals surface area contributed by atoms with Gasteiger partial charge in [0.1, 0.15) is 6.10 Å². The molecule has 1 amide bonds. The predicted molar refractivity (Wildman–Crippen MR) is 92.4 cm³/mol. The zero-order valence-corrected chi connectivity index (χ0v) is 15.8. The Morgan fingerprint density at radius 2 is 2.08 bits per heavy atom. The van der Waals surface area contributed by atoms with Gasteiger partial charge in [0.25, 0.3) is 5.91 Å². The second-order valence-corrected chi connectivity index (χ2v) is 8.71. The van der Waals surface area contributed by atoms with Crippen LogP contribution in [0.15, 0.2) is 6.33 Å². The van der Waals surface area contributed by atoms with Gasteiger partial charge in [0.15, 0.2) is 0 Å². The van der Waals surface area contributed by atoms with E-state index in [1.165, 1.54) is 6.26 Å². The lowest BCUT2D eigenvalue weighted by atomic mass is 9.80. The number of hydrogen-bond acceptors (Lipinski definition) is 5. The van der Waals surface area contributed by atoms with E-state index < -0.39 is 21.7 Å². The highest BCUT2D eigenvalue weighted by Gasteiger charge is 2.50. The van der Waals surface area contributed by atoms with Gasteiger partial charge in [-0.05, 0) is 19.3 Å². The third kappa shape index (κ3) is 3.09. The van der Waals surface area contributed by atoms with Gasteiger partial charge in [0.05, 0.1) is 23.8 Å². The number of rotatable bonds is 4. The Kier molecular flexibility index (Phi) is 4.91. The number of amides is 1. The van der Waals surface area contributed by atoms with Gasteiger partial charge in [0, 0.05) is 38.9 Å². The molecule has 2 aliphatic rings. The fourth-order valence-electron chi connectivity index (χ4n) is 4.17. The van der Waals surface area contributed by atoms with E-state index in [9.17, 15) is 13.2 Å². The first-order valence-corrected chi connectivity index (χ1v) is 10.5. The van der Waals surface area contributed by atoms with E-state index in [4.69, 9.17) is 4.74 Å². The maximum absolute atomic E-state index is 12.6. The van der Waals surface area contributed by atoms with E-state index in [-0.39, 0.29) is 5.91 Å². The van der Waals surface area contributed by atoms with Crippen molar-refractivity contribution in [2.75, 3.05) is 33.0 Å². The molecule has 1 aromatic rings. The highest BCUT2D eigenvalue weighted by atomic mass is 32.2. The van der Waals surface area contributed by atoms with Gasteiger partial charge in [-0.15, -0.1) is 0 Å². The number of aromatic nitrogens is 2. The summed E-state index contributed by atoms with van der Waals surface area (Å²) in [5.41, 5.74) is 1.16. The largest absolute Gasteiger partial charge is 0.372 e. The minimum atomic E-state index is -3.37. The van der Waals surface area contributed by atoms with Gasteiger partial charge < -0.3 is 14.6 Å². The van der Waals surface area contributed by atoms with Crippen LogP contribution in [-0.4, -0.2) is 72.6 Å². The van der Waals surface area contributed by atoms with Crippen molar-refractivity contribution in [1.82, 2.24) is 19.2 Å². The Morgan fingerprint density at radius 3 is 2.64 bits per heavy atom. The number of aromatic amines is 1. The van der Waals surface area contributed by atoms with E-state index in [2.05, 4.69) is 9.97 Å². The van der Waals surface area contributed by atoms with Crippen LogP contribution in [0, 0.1) is 0 Å². The van der Waals surface area contributed by atoms with Crippen molar-refractivity contribution in [2.24, 2.45) is 0 Å². The molecule has 0 bridgehead atoms. The van der Waals surface area contributed by atoms with Crippen molar-refractivity contribution < 1.29 is 17.9 Å². The molecule has 8 nitrogen and oxygen atoms in total. The number of sulfonamides is 1. The summed E-state index contributed by atoms with van der Waals surface area (Å²) >= 11 is 0. The summed E-state index contributed by atoms with van der Waals surface area (Å²) in [6, 6.07) is 0. The molecule has 1 fully saturated rings. The zero-order chi connectivity index (χ0) is 18.2. The molecule has 0 aromatic carbocycles. The van der Waals surface area contributed by atoms with Crippen LogP contribution in [0.25, 0.3) is 0 Å². The summed E-state index contributed by atoms with van der Waals surface area (Å²) in [5.74, 6) is -0.0242. The number of likely N-dealkylation sites (tertiary alicyclic amines) is 1. The predicted octanol–water partition coefficient (Wildman–Crippen LogP) is 0.470. The fourth-order valence-corrected chi connectivity index (χ4v) is 5.50. The summed E-state index contributed by atoms with van der Waals surface area (Å²) in [6.45, 7) is 3.35. The number of carbonyl (C=O) groups is 1. The van der Waals surface area contributed by atoms with Crippen molar-refractivity contribution in [3.63, 3.8) is 0 Å². The molecule has 3 heterocycles. The van der Waals surface area contributed by atoms with Crippen LogP contribution in [0.5, 0.6) is 0 Å². The number of hydrogen-bond donors (Lipinski definition) is 1. The normalized spacial score (nSPS) is 22.0. The molecule has 0 radical (unpaired) electrons. The van der Waals surface area contributed by atoms with Gasteiger partial charge in [-0.2, -0.15) is 4.31 Å². The number of ether oxygens (including phenoxy) is 1. The number of methoxy groups -OCH3 is 1. The third-order valence-electron chi connectivity index (χ3n) is 5.43. The lowest BCUT2D eigenvalue weighted by molar-refractivity contribution is -0.144. The van der Waals surface area contributed by atoms with Crippen LogP contribution < -0.4 is 0 Å². The molecule has 0 aliphatic carbocycles. The summed E-state index contributed by atoms with van der Waals surface area (Å²) in [6.07, 6.45) is 4.79. The first-order chi connectivity index (χ1) is 11.8. The van der Waals surface area contributed by atoms with E-state index >= 15 is 0 Å². The molecular weight excluding hydrogens is 344 g/mol. The summed E-state index contributed by atoms with van der Waals surface area (Å²) in [4.78, 5) is 21.9. The lowest BCUT2D eigenvalue weighted by Crippen LogP contribution is -2.59. The van der Waals surface area contributed by atoms with Gasteiger partial charge in [-0.1, -0.05) is 6.92 Å². The van der Waals surface area contributed by atoms with Crippen LogP contribution in [0.1, 0.15) is 37.6 Å². The molecule has 1 spiro atoms. The number of carbonyl (C=O) groups excluding carboxylic acids is 1. The molecule has 25 heavy (non-hydrogen) atoms. The topological polar surface area (TPSA) is 95.6 Å². The Morgan fingerprint density at radius 1 is 1.40 bits per heavy atom. The zero-order valence-electron chi connectivity index (χ0n) is 15.0. The molecule has 1 N–H and O–H groups in total. The van der Waals surface area contributed by atoms with Crippen LogP contribution >= 0.6 is 0 Å². The smallest absolute Gasteiger partial charge is 0.251 e. The van der Waals surface area contributed by atoms with Gasteiger partial charge in [-0.25, -0.2) is 13.4 Å². The monoisotopic (exact) mass is 370 g/mol. The molecule has 0 unspecified atom stereocenters. The SMILES string of the molecule is CC[C@H](OC)C(=O)N1CCC2(CC1)c1nc[nH]c1CCN2S(C)(=O)=O. The molecular formula is C16H26N4O4S. The molecule has 140 valence electrons. The number of piperidine rings is 1. The van der Waals surface area contributed by atoms with Crippen LogP contribution in [0.4, 0.5) is 0 Å². The Labute approximate surface area is 148 Å². The maximum Gasteiger partial charge on any atom is 0.251 e. The number of H-pyrrole nitrogens is 1. The quantitative estimate of drug-likeness (QED) is 0.831. The molecule has 1 saturated heterocycles. The number of fused-ring (bicyclic) bond motifs is 2. The molecule has 9 heteroatoms. The Bertz CT molecular complexity index is 733. The van der Waals surface area contributed by atoms with Crippen molar-refractivity contribution >= 4 is 15.9 Å². The first-order valence-electron chi connectivity index (χ1n) is 8.65. The average Bonchev–Trinajstić information content (AvgIpc) is 3.05. The minimum Gasteiger partial charge on any atom is -0.372 e.